The van der Waals surface area contributed by atoms with Crippen molar-refractivity contribution >= 4 is 11.7 Å². The van der Waals surface area contributed by atoms with Gasteiger partial charge in [0, 0.05) is 31.7 Å². The Hall–Kier alpha value is -1.58. The van der Waals surface area contributed by atoms with E-state index in [4.69, 9.17) is 0 Å². The van der Waals surface area contributed by atoms with Crippen LogP contribution in [0.25, 0.3) is 0 Å². The fraction of sp³-hybridized carbons (Fsp3) is 0.400. The molecule has 0 bridgehead atoms. The number of amides is 2. The summed E-state index contributed by atoms with van der Waals surface area (Å²) >= 11 is 0. The van der Waals surface area contributed by atoms with Gasteiger partial charge in [-0.1, -0.05) is 0 Å². The van der Waals surface area contributed by atoms with Gasteiger partial charge in [-0.2, -0.15) is 0 Å². The molecule has 1 heterocycles. The third-order valence-corrected chi connectivity index (χ3v) is 2.08. The van der Waals surface area contributed by atoms with Crippen LogP contribution in [-0.4, -0.2) is 29.5 Å². The van der Waals surface area contributed by atoms with E-state index in [1.54, 1.807) is 30.4 Å². The van der Waals surface area contributed by atoms with Crippen LogP contribution in [0.1, 0.15) is 12.5 Å². The van der Waals surface area contributed by atoms with Crippen LogP contribution in [-0.2, 0) is 0 Å². The molecule has 1 aromatic heterocycles. The van der Waals surface area contributed by atoms with Gasteiger partial charge >= 0.3 is 6.03 Å². The summed E-state index contributed by atoms with van der Waals surface area (Å²) in [6, 6.07) is 1.69. The summed E-state index contributed by atoms with van der Waals surface area (Å²) in [6.07, 6.45) is 3.39. The molecular formula is C10H15N3O. The first-order valence-corrected chi connectivity index (χ1v) is 4.58. The number of hydrogen-bond acceptors (Lipinski definition) is 2. The van der Waals surface area contributed by atoms with Crippen molar-refractivity contribution < 1.29 is 4.79 Å². The number of carbonyl (C=O) groups excluding carboxylic acids is 1. The lowest BCUT2D eigenvalue weighted by Crippen LogP contribution is -2.31. The second-order valence-corrected chi connectivity index (χ2v) is 3.13. The molecule has 0 aliphatic heterocycles. The largest absolute Gasteiger partial charge is 0.328 e. The van der Waals surface area contributed by atoms with Crippen molar-refractivity contribution in [3.8, 4) is 0 Å². The highest BCUT2D eigenvalue weighted by atomic mass is 16.2. The first-order valence-electron chi connectivity index (χ1n) is 4.58. The molecule has 0 unspecified atom stereocenters. The lowest BCUT2D eigenvalue weighted by molar-refractivity contribution is 0.224. The van der Waals surface area contributed by atoms with E-state index in [-0.39, 0.29) is 6.03 Å². The molecule has 4 nitrogen and oxygen atoms in total. The minimum atomic E-state index is -0.0956. The van der Waals surface area contributed by atoms with Crippen molar-refractivity contribution in [3.05, 3.63) is 24.0 Å². The number of nitrogens with one attached hydrogen (secondary N) is 1. The highest BCUT2D eigenvalue weighted by Gasteiger charge is 2.07. The van der Waals surface area contributed by atoms with E-state index in [2.05, 4.69) is 10.3 Å². The van der Waals surface area contributed by atoms with Crippen molar-refractivity contribution in [2.75, 3.05) is 18.9 Å². The summed E-state index contributed by atoms with van der Waals surface area (Å²) in [5.74, 6) is 0. The topological polar surface area (TPSA) is 45.2 Å². The number of pyridine rings is 1. The number of urea groups is 1. The maximum Gasteiger partial charge on any atom is 0.321 e. The molecule has 76 valence electrons. The van der Waals surface area contributed by atoms with Gasteiger partial charge in [0.2, 0.25) is 0 Å². The molecule has 0 spiro atoms. The van der Waals surface area contributed by atoms with Gasteiger partial charge in [0.15, 0.2) is 0 Å². The molecule has 0 aromatic carbocycles. The Balaban J connectivity index is 2.70. The molecule has 0 radical (unpaired) electrons. The molecule has 0 atom stereocenters. The van der Waals surface area contributed by atoms with Gasteiger partial charge < -0.3 is 10.2 Å². The van der Waals surface area contributed by atoms with Gasteiger partial charge in [0.05, 0.1) is 0 Å². The number of aromatic nitrogens is 1. The van der Waals surface area contributed by atoms with E-state index in [9.17, 15) is 4.79 Å². The zero-order valence-corrected chi connectivity index (χ0v) is 8.74. The molecule has 0 aliphatic carbocycles. The summed E-state index contributed by atoms with van der Waals surface area (Å²) in [4.78, 5) is 17.1. The van der Waals surface area contributed by atoms with Crippen molar-refractivity contribution in [1.29, 1.82) is 0 Å². The fourth-order valence-corrected chi connectivity index (χ4v) is 0.968. The van der Waals surface area contributed by atoms with E-state index in [0.29, 0.717) is 6.54 Å². The number of hydrogen-bond donors (Lipinski definition) is 1. The lowest BCUT2D eigenvalue weighted by Gasteiger charge is -2.16. The third-order valence-electron chi connectivity index (χ3n) is 2.08. The van der Waals surface area contributed by atoms with Crippen LogP contribution < -0.4 is 5.32 Å². The average Bonchev–Trinajstić information content (AvgIpc) is 2.20. The van der Waals surface area contributed by atoms with E-state index < -0.39 is 0 Å². The fourth-order valence-electron chi connectivity index (χ4n) is 0.968. The zero-order valence-electron chi connectivity index (χ0n) is 8.74. The summed E-state index contributed by atoms with van der Waals surface area (Å²) in [6.45, 7) is 4.53. The Kier molecular flexibility index (Phi) is 3.45. The van der Waals surface area contributed by atoms with E-state index in [1.165, 1.54) is 0 Å². The van der Waals surface area contributed by atoms with Crippen LogP contribution in [0.2, 0.25) is 0 Å². The maximum atomic E-state index is 11.5. The van der Waals surface area contributed by atoms with Crippen LogP contribution in [0.4, 0.5) is 10.5 Å². The summed E-state index contributed by atoms with van der Waals surface area (Å²) in [7, 11) is 1.76. The van der Waals surface area contributed by atoms with Crippen molar-refractivity contribution in [2.45, 2.75) is 13.8 Å². The molecule has 0 aliphatic rings. The van der Waals surface area contributed by atoms with Crippen LogP contribution >= 0.6 is 0 Å². The standard InChI is InChI=1S/C10H15N3O/c1-4-13(3)10(14)12-9-5-6-11-7-8(9)2/h5-7H,4H2,1-3H3,(H,11,12,14). The monoisotopic (exact) mass is 193 g/mol. The molecule has 2 amide bonds. The Morgan fingerprint density at radius 1 is 1.64 bits per heavy atom. The number of rotatable bonds is 2. The van der Waals surface area contributed by atoms with Crippen molar-refractivity contribution in [1.82, 2.24) is 9.88 Å². The zero-order chi connectivity index (χ0) is 10.6. The molecule has 0 saturated carbocycles. The van der Waals surface area contributed by atoms with Crippen LogP contribution in [0.5, 0.6) is 0 Å². The van der Waals surface area contributed by atoms with E-state index in [0.717, 1.165) is 11.3 Å². The van der Waals surface area contributed by atoms with Crippen molar-refractivity contribution in [2.24, 2.45) is 0 Å². The number of anilines is 1. The predicted molar refractivity (Wildman–Crippen MR) is 56.3 cm³/mol. The maximum absolute atomic E-state index is 11.5. The smallest absolute Gasteiger partial charge is 0.321 e. The molecular weight excluding hydrogens is 178 g/mol. The Morgan fingerprint density at radius 2 is 2.36 bits per heavy atom. The lowest BCUT2D eigenvalue weighted by atomic mass is 10.2. The molecule has 4 heteroatoms. The summed E-state index contributed by atoms with van der Waals surface area (Å²) in [5, 5.41) is 2.81. The van der Waals surface area contributed by atoms with E-state index in [1.807, 2.05) is 13.8 Å². The van der Waals surface area contributed by atoms with Gasteiger partial charge in [-0.3, -0.25) is 4.98 Å². The highest BCUT2D eigenvalue weighted by molar-refractivity contribution is 5.89. The second kappa shape index (κ2) is 4.60. The first-order chi connectivity index (χ1) is 6.65. The average molecular weight is 193 g/mol. The molecule has 1 N–H and O–H groups in total. The minimum absolute atomic E-state index is 0.0956. The Labute approximate surface area is 83.9 Å². The molecule has 1 rings (SSSR count). The summed E-state index contributed by atoms with van der Waals surface area (Å²) in [5.41, 5.74) is 1.77. The number of aryl methyl sites for hydroxylation is 1. The second-order valence-electron chi connectivity index (χ2n) is 3.13. The van der Waals surface area contributed by atoms with Gasteiger partial charge in [0.1, 0.15) is 0 Å². The van der Waals surface area contributed by atoms with Gasteiger partial charge in [-0.05, 0) is 25.5 Å². The van der Waals surface area contributed by atoms with Gasteiger partial charge in [-0.25, -0.2) is 4.79 Å². The third kappa shape index (κ3) is 2.45. The predicted octanol–water partition coefficient (Wildman–Crippen LogP) is 1.87. The first kappa shape index (κ1) is 10.5. The van der Waals surface area contributed by atoms with Crippen LogP contribution in [0.15, 0.2) is 18.5 Å². The SMILES string of the molecule is CCN(C)C(=O)Nc1ccncc1C. The van der Waals surface area contributed by atoms with E-state index >= 15 is 0 Å². The quantitative estimate of drug-likeness (QED) is 0.779. The molecule has 14 heavy (non-hydrogen) atoms. The highest BCUT2D eigenvalue weighted by Crippen LogP contribution is 2.11. The Morgan fingerprint density at radius 3 is 2.93 bits per heavy atom. The van der Waals surface area contributed by atoms with Gasteiger partial charge in [-0.15, -0.1) is 0 Å². The number of carbonyl (C=O) groups is 1. The van der Waals surface area contributed by atoms with Crippen LogP contribution in [0, 0.1) is 6.92 Å². The minimum Gasteiger partial charge on any atom is -0.328 e. The summed E-state index contributed by atoms with van der Waals surface area (Å²) < 4.78 is 0. The molecule has 1 aromatic rings. The Bertz CT molecular complexity index is 325. The molecule has 0 saturated heterocycles. The van der Waals surface area contributed by atoms with Crippen molar-refractivity contribution in [3.63, 3.8) is 0 Å². The molecule has 0 fully saturated rings. The van der Waals surface area contributed by atoms with Crippen LogP contribution in [0.3, 0.4) is 0 Å². The number of nitrogens with zero attached hydrogens (tertiary/aromatic N) is 2. The van der Waals surface area contributed by atoms with Gasteiger partial charge in [0.25, 0.3) is 0 Å². The normalized spacial score (nSPS) is 9.64.